The topological polar surface area (TPSA) is 32.3 Å². The Hall–Kier alpha value is -1.51. The number of amides is 2. The minimum atomic E-state index is -0.0101. The molecule has 1 aromatic carbocycles. The minimum Gasteiger partial charge on any atom is -0.328 e. The average molecular weight is 262 g/mol. The molecule has 3 nitrogen and oxygen atoms in total. The fourth-order valence-corrected chi connectivity index (χ4v) is 2.10. The first-order valence-corrected chi connectivity index (χ1v) is 7.26. The third kappa shape index (κ3) is 4.27. The summed E-state index contributed by atoms with van der Waals surface area (Å²) in [5, 5.41) is 3.08. The van der Waals surface area contributed by atoms with Gasteiger partial charge in [0.25, 0.3) is 0 Å². The van der Waals surface area contributed by atoms with Gasteiger partial charge in [-0.25, -0.2) is 4.79 Å². The molecule has 0 atom stereocenters. The number of carbonyl (C=O) groups is 1. The first-order valence-electron chi connectivity index (χ1n) is 7.26. The molecule has 106 valence electrons. The maximum atomic E-state index is 12.2. The predicted octanol–water partition coefficient (Wildman–Crippen LogP) is 4.08. The molecule has 0 spiro atoms. The molecule has 3 heteroatoms. The molecule has 0 heterocycles. The second-order valence-electron chi connectivity index (χ2n) is 4.86. The zero-order chi connectivity index (χ0) is 14.3. The van der Waals surface area contributed by atoms with Gasteiger partial charge in [0.05, 0.1) is 0 Å². The van der Waals surface area contributed by atoms with Crippen LogP contribution >= 0.6 is 0 Å². The van der Waals surface area contributed by atoms with Crippen molar-refractivity contribution in [1.29, 1.82) is 0 Å². The molecule has 19 heavy (non-hydrogen) atoms. The molecule has 1 N–H and O–H groups in total. The van der Waals surface area contributed by atoms with Crippen molar-refractivity contribution in [2.75, 3.05) is 18.9 Å². The first-order chi connectivity index (χ1) is 9.13. The molecule has 0 aliphatic carbocycles. The number of hydrogen-bond donors (Lipinski definition) is 1. The van der Waals surface area contributed by atoms with E-state index in [1.165, 1.54) is 11.1 Å². The van der Waals surface area contributed by atoms with E-state index < -0.39 is 0 Å². The Kier molecular flexibility index (Phi) is 6.40. The van der Waals surface area contributed by atoms with Gasteiger partial charge >= 0.3 is 6.03 Å². The Balaban J connectivity index is 2.83. The molecule has 0 radical (unpaired) electrons. The number of para-hydroxylation sites is 1. The number of nitrogens with zero attached hydrogens (tertiary/aromatic N) is 1. The number of carbonyl (C=O) groups excluding carboxylic acids is 1. The number of unbranched alkanes of at least 4 members (excludes halogenated alkanes) is 1. The van der Waals surface area contributed by atoms with Crippen molar-refractivity contribution in [2.24, 2.45) is 0 Å². The smallest absolute Gasteiger partial charge is 0.321 e. The number of nitrogens with one attached hydrogen (secondary N) is 1. The van der Waals surface area contributed by atoms with E-state index in [4.69, 9.17) is 0 Å². The van der Waals surface area contributed by atoms with Crippen molar-refractivity contribution < 1.29 is 4.79 Å². The van der Waals surface area contributed by atoms with E-state index in [-0.39, 0.29) is 6.03 Å². The number of rotatable bonds is 6. The molecule has 0 saturated carbocycles. The first kappa shape index (κ1) is 15.5. The van der Waals surface area contributed by atoms with Gasteiger partial charge in [0.2, 0.25) is 0 Å². The van der Waals surface area contributed by atoms with Crippen LogP contribution in [0.15, 0.2) is 18.2 Å². The molecule has 0 bridgehead atoms. The Morgan fingerprint density at radius 1 is 1.16 bits per heavy atom. The second kappa shape index (κ2) is 7.82. The molecular weight excluding hydrogens is 236 g/mol. The highest BCUT2D eigenvalue weighted by molar-refractivity contribution is 5.91. The summed E-state index contributed by atoms with van der Waals surface area (Å²) in [6, 6.07) is 6.22. The molecule has 0 aromatic heterocycles. The van der Waals surface area contributed by atoms with Crippen molar-refractivity contribution in [3.05, 3.63) is 29.3 Å². The second-order valence-corrected chi connectivity index (χ2v) is 4.86. The summed E-state index contributed by atoms with van der Waals surface area (Å²) in [7, 11) is 1.85. The van der Waals surface area contributed by atoms with Crippen LogP contribution < -0.4 is 5.32 Å². The zero-order valence-electron chi connectivity index (χ0n) is 12.6. The largest absolute Gasteiger partial charge is 0.328 e. The van der Waals surface area contributed by atoms with Gasteiger partial charge in [0, 0.05) is 19.3 Å². The predicted molar refractivity (Wildman–Crippen MR) is 81.8 cm³/mol. The van der Waals surface area contributed by atoms with Crippen molar-refractivity contribution in [3.63, 3.8) is 0 Å². The SMILES string of the molecule is CCCCN(C)C(=O)Nc1c(CC)cccc1CC. The number of urea groups is 1. The van der Waals surface area contributed by atoms with Crippen LogP contribution in [0.2, 0.25) is 0 Å². The lowest BCUT2D eigenvalue weighted by Crippen LogP contribution is -2.32. The average Bonchev–Trinajstić information content (AvgIpc) is 2.44. The standard InChI is InChI=1S/C16H26N2O/c1-5-8-12-18(4)16(19)17-15-13(6-2)10-9-11-14(15)7-3/h9-11H,5-8,12H2,1-4H3,(H,17,19). The van der Waals surface area contributed by atoms with Crippen LogP contribution in [0.4, 0.5) is 10.5 Å². The highest BCUT2D eigenvalue weighted by atomic mass is 16.2. The number of benzene rings is 1. The van der Waals surface area contributed by atoms with Gasteiger partial charge in [-0.05, 0) is 30.4 Å². The van der Waals surface area contributed by atoms with Gasteiger partial charge in [-0.2, -0.15) is 0 Å². The third-order valence-electron chi connectivity index (χ3n) is 3.42. The normalized spacial score (nSPS) is 10.3. The summed E-state index contributed by atoms with van der Waals surface area (Å²) in [5.41, 5.74) is 3.41. The maximum Gasteiger partial charge on any atom is 0.321 e. The zero-order valence-corrected chi connectivity index (χ0v) is 12.6. The highest BCUT2D eigenvalue weighted by Gasteiger charge is 2.12. The van der Waals surface area contributed by atoms with Crippen LogP contribution in [0.25, 0.3) is 0 Å². The summed E-state index contributed by atoms with van der Waals surface area (Å²) >= 11 is 0. The number of hydrogen-bond acceptors (Lipinski definition) is 1. The van der Waals surface area contributed by atoms with Crippen LogP contribution in [-0.2, 0) is 12.8 Å². The Bertz CT molecular complexity index is 393. The van der Waals surface area contributed by atoms with E-state index in [1.807, 2.05) is 7.05 Å². The Labute approximate surface area is 117 Å². The quantitative estimate of drug-likeness (QED) is 0.823. The Morgan fingerprint density at radius 2 is 1.74 bits per heavy atom. The van der Waals surface area contributed by atoms with Crippen LogP contribution in [-0.4, -0.2) is 24.5 Å². The fraction of sp³-hybridized carbons (Fsp3) is 0.562. The monoisotopic (exact) mass is 262 g/mol. The molecule has 0 unspecified atom stereocenters. The van der Waals surface area contributed by atoms with E-state index in [1.54, 1.807) is 4.90 Å². The molecular formula is C16H26N2O. The molecule has 0 aliphatic heterocycles. The lowest BCUT2D eigenvalue weighted by atomic mass is 10.0. The summed E-state index contributed by atoms with van der Waals surface area (Å²) in [5.74, 6) is 0. The fourth-order valence-electron chi connectivity index (χ4n) is 2.10. The molecule has 1 rings (SSSR count). The van der Waals surface area contributed by atoms with Gasteiger partial charge < -0.3 is 10.2 Å². The van der Waals surface area contributed by atoms with Crippen LogP contribution in [0, 0.1) is 0 Å². The van der Waals surface area contributed by atoms with Gasteiger partial charge in [-0.3, -0.25) is 0 Å². The summed E-state index contributed by atoms with van der Waals surface area (Å²) < 4.78 is 0. The maximum absolute atomic E-state index is 12.2. The van der Waals surface area contributed by atoms with Crippen LogP contribution in [0.1, 0.15) is 44.7 Å². The summed E-state index contributed by atoms with van der Waals surface area (Å²) in [6.07, 6.45) is 4.01. The van der Waals surface area contributed by atoms with Crippen molar-refractivity contribution >= 4 is 11.7 Å². The van der Waals surface area contributed by atoms with Gasteiger partial charge in [0.1, 0.15) is 0 Å². The van der Waals surface area contributed by atoms with Crippen LogP contribution in [0.5, 0.6) is 0 Å². The summed E-state index contributed by atoms with van der Waals surface area (Å²) in [6.45, 7) is 7.17. The third-order valence-corrected chi connectivity index (χ3v) is 3.42. The van der Waals surface area contributed by atoms with E-state index in [0.29, 0.717) is 0 Å². The van der Waals surface area contributed by atoms with E-state index in [9.17, 15) is 4.79 Å². The lowest BCUT2D eigenvalue weighted by molar-refractivity contribution is 0.222. The molecule has 1 aromatic rings. The van der Waals surface area contributed by atoms with Crippen molar-refractivity contribution in [3.8, 4) is 0 Å². The molecule has 0 aliphatic rings. The molecule has 2 amide bonds. The van der Waals surface area contributed by atoms with Crippen molar-refractivity contribution in [2.45, 2.75) is 46.5 Å². The lowest BCUT2D eigenvalue weighted by Gasteiger charge is -2.20. The Morgan fingerprint density at radius 3 is 2.21 bits per heavy atom. The van der Waals surface area contributed by atoms with Crippen LogP contribution in [0.3, 0.4) is 0 Å². The summed E-state index contributed by atoms with van der Waals surface area (Å²) in [4.78, 5) is 13.9. The van der Waals surface area contributed by atoms with E-state index in [2.05, 4.69) is 44.3 Å². The van der Waals surface area contributed by atoms with Crippen molar-refractivity contribution in [1.82, 2.24) is 4.90 Å². The van der Waals surface area contributed by atoms with E-state index in [0.717, 1.165) is 37.9 Å². The van der Waals surface area contributed by atoms with Gasteiger partial charge in [-0.15, -0.1) is 0 Å². The number of aryl methyl sites for hydroxylation is 2. The number of anilines is 1. The van der Waals surface area contributed by atoms with Gasteiger partial charge in [0.15, 0.2) is 0 Å². The molecule has 0 fully saturated rings. The highest BCUT2D eigenvalue weighted by Crippen LogP contribution is 2.22. The van der Waals surface area contributed by atoms with E-state index >= 15 is 0 Å². The van der Waals surface area contributed by atoms with Gasteiger partial charge in [-0.1, -0.05) is 45.4 Å². The minimum absolute atomic E-state index is 0.0101. The molecule has 0 saturated heterocycles.